The molecule has 0 spiro atoms. The van der Waals surface area contributed by atoms with Gasteiger partial charge in [0, 0.05) is 11.8 Å². The molecule has 1 nitrogen and oxygen atoms in total. The largest absolute Gasteiger partial charge is 0.300 e. The summed E-state index contributed by atoms with van der Waals surface area (Å²) in [6.07, 6.45) is -1.45. The Morgan fingerprint density at radius 3 is 2.40 bits per heavy atom. The Morgan fingerprint density at radius 2 is 2.00 bits per heavy atom. The molecule has 0 amide bonds. The summed E-state index contributed by atoms with van der Waals surface area (Å²) in [6.45, 7) is 4.13. The van der Waals surface area contributed by atoms with Crippen LogP contribution < -0.4 is 0 Å². The van der Waals surface area contributed by atoms with E-state index in [4.69, 9.17) is 0 Å². The van der Waals surface area contributed by atoms with Gasteiger partial charge in [-0.25, -0.2) is 13.2 Å². The molecule has 1 saturated carbocycles. The molecule has 15 heavy (non-hydrogen) atoms. The molecule has 4 unspecified atom stereocenters. The Bertz CT molecular complexity index is 248. The molecule has 0 aliphatic heterocycles. The zero-order chi connectivity index (χ0) is 11.8. The number of hydrogen-bond acceptors (Lipinski definition) is 1. The third-order valence-corrected chi connectivity index (χ3v) is 3.57. The van der Waals surface area contributed by atoms with Crippen molar-refractivity contribution in [1.82, 2.24) is 0 Å². The lowest BCUT2D eigenvalue weighted by Gasteiger charge is -2.41. The first-order valence-corrected chi connectivity index (χ1v) is 5.34. The minimum Gasteiger partial charge on any atom is -0.300 e. The Kier molecular flexibility index (Phi) is 3.46. The number of halogens is 3. The average molecular weight is 222 g/mol. The Hall–Kier alpha value is -0.540. The molecule has 1 aliphatic rings. The average Bonchev–Trinajstić information content (AvgIpc) is 2.14. The summed E-state index contributed by atoms with van der Waals surface area (Å²) in [7, 11) is 0. The van der Waals surface area contributed by atoms with Gasteiger partial charge in [0.05, 0.1) is 5.92 Å². The van der Waals surface area contributed by atoms with E-state index in [-0.39, 0.29) is 18.6 Å². The van der Waals surface area contributed by atoms with Gasteiger partial charge in [-0.3, -0.25) is 4.79 Å². The minimum absolute atomic E-state index is 0.0235. The van der Waals surface area contributed by atoms with Gasteiger partial charge in [0.25, 0.3) is 5.92 Å². The Balaban J connectivity index is 2.93. The van der Waals surface area contributed by atoms with Gasteiger partial charge in [0.1, 0.15) is 12.0 Å². The number of ketones is 1. The molecule has 1 rings (SSSR count). The van der Waals surface area contributed by atoms with E-state index in [0.717, 1.165) is 0 Å². The number of alkyl halides is 3. The van der Waals surface area contributed by atoms with E-state index in [1.54, 1.807) is 6.92 Å². The highest BCUT2D eigenvalue weighted by atomic mass is 19.3. The summed E-state index contributed by atoms with van der Waals surface area (Å²) in [5, 5.41) is 0. The lowest BCUT2D eigenvalue weighted by Crippen LogP contribution is -2.50. The van der Waals surface area contributed by atoms with Crippen molar-refractivity contribution in [2.24, 2.45) is 17.8 Å². The van der Waals surface area contributed by atoms with Crippen LogP contribution in [0.2, 0.25) is 0 Å². The number of hydrogen-bond donors (Lipinski definition) is 0. The van der Waals surface area contributed by atoms with E-state index in [1.165, 1.54) is 13.8 Å². The normalized spacial score (nSPS) is 40.1. The van der Waals surface area contributed by atoms with E-state index in [0.29, 0.717) is 0 Å². The maximum Gasteiger partial charge on any atom is 0.256 e. The summed E-state index contributed by atoms with van der Waals surface area (Å²) in [4.78, 5) is 11.1. The van der Waals surface area contributed by atoms with E-state index in [1.807, 2.05) is 0 Å². The highest BCUT2D eigenvalue weighted by Crippen LogP contribution is 2.47. The van der Waals surface area contributed by atoms with Crippen LogP contribution in [0.4, 0.5) is 13.2 Å². The van der Waals surface area contributed by atoms with Crippen LogP contribution >= 0.6 is 0 Å². The van der Waals surface area contributed by atoms with Crippen LogP contribution in [0.15, 0.2) is 0 Å². The van der Waals surface area contributed by atoms with Crippen LogP contribution in [0.1, 0.15) is 33.6 Å². The van der Waals surface area contributed by atoms with Gasteiger partial charge in [0.2, 0.25) is 0 Å². The lowest BCUT2D eigenvalue weighted by atomic mass is 9.69. The lowest BCUT2D eigenvalue weighted by molar-refractivity contribution is -0.171. The number of carbonyl (C=O) groups is 1. The second kappa shape index (κ2) is 4.14. The summed E-state index contributed by atoms with van der Waals surface area (Å²) in [5.41, 5.74) is 0. The zero-order valence-electron chi connectivity index (χ0n) is 9.27. The van der Waals surface area contributed by atoms with Crippen molar-refractivity contribution in [2.45, 2.75) is 45.7 Å². The van der Waals surface area contributed by atoms with Crippen molar-refractivity contribution in [3.05, 3.63) is 0 Å². The molecule has 4 atom stereocenters. The quantitative estimate of drug-likeness (QED) is 0.701. The van der Waals surface area contributed by atoms with Gasteiger partial charge >= 0.3 is 0 Å². The van der Waals surface area contributed by atoms with Crippen molar-refractivity contribution in [3.8, 4) is 0 Å². The molecule has 88 valence electrons. The standard InChI is InChI=1S/C11H17F3O/c1-4-8-5-9(7(3)15)10(12)6(2)11(8,13)14/h6,8-10H,4-5H2,1-3H3. The SMILES string of the molecule is CCC1CC(C(C)=O)C(F)C(C)C1(F)F. The fourth-order valence-electron chi connectivity index (χ4n) is 2.36. The first-order valence-electron chi connectivity index (χ1n) is 5.34. The maximum absolute atomic E-state index is 13.6. The Morgan fingerprint density at radius 1 is 1.47 bits per heavy atom. The first kappa shape index (κ1) is 12.5. The van der Waals surface area contributed by atoms with Crippen molar-refractivity contribution >= 4 is 5.78 Å². The molecule has 0 aromatic carbocycles. The van der Waals surface area contributed by atoms with Crippen LogP contribution in [0.25, 0.3) is 0 Å². The summed E-state index contributed by atoms with van der Waals surface area (Å²) < 4.78 is 40.8. The van der Waals surface area contributed by atoms with Gasteiger partial charge < -0.3 is 0 Å². The molecule has 1 aliphatic carbocycles. The molecule has 0 saturated heterocycles. The van der Waals surface area contributed by atoms with Crippen LogP contribution in [0, 0.1) is 17.8 Å². The minimum atomic E-state index is -2.99. The van der Waals surface area contributed by atoms with Gasteiger partial charge in [-0.2, -0.15) is 0 Å². The van der Waals surface area contributed by atoms with Crippen molar-refractivity contribution in [3.63, 3.8) is 0 Å². The molecule has 4 heteroatoms. The smallest absolute Gasteiger partial charge is 0.256 e. The van der Waals surface area contributed by atoms with E-state index >= 15 is 0 Å². The zero-order valence-corrected chi connectivity index (χ0v) is 9.27. The third kappa shape index (κ3) is 2.04. The van der Waals surface area contributed by atoms with Crippen molar-refractivity contribution in [2.75, 3.05) is 0 Å². The van der Waals surface area contributed by atoms with Gasteiger partial charge in [-0.15, -0.1) is 0 Å². The fraction of sp³-hybridized carbons (Fsp3) is 0.909. The second-order valence-electron chi connectivity index (χ2n) is 4.47. The number of rotatable bonds is 2. The summed E-state index contributed by atoms with van der Waals surface area (Å²) >= 11 is 0. The van der Waals surface area contributed by atoms with E-state index in [2.05, 4.69) is 0 Å². The van der Waals surface area contributed by atoms with Crippen LogP contribution in [0.5, 0.6) is 0 Å². The monoisotopic (exact) mass is 222 g/mol. The van der Waals surface area contributed by atoms with Gasteiger partial charge in [0.15, 0.2) is 0 Å². The molecular formula is C11H17F3O. The summed E-state index contributed by atoms with van der Waals surface area (Å²) in [6, 6.07) is 0. The highest BCUT2D eigenvalue weighted by molar-refractivity contribution is 5.79. The van der Waals surface area contributed by atoms with Gasteiger partial charge in [-0.05, 0) is 19.8 Å². The molecular weight excluding hydrogens is 205 g/mol. The second-order valence-corrected chi connectivity index (χ2v) is 4.47. The molecule has 0 radical (unpaired) electrons. The topological polar surface area (TPSA) is 17.1 Å². The van der Waals surface area contributed by atoms with E-state index in [9.17, 15) is 18.0 Å². The molecule has 0 aromatic heterocycles. The summed E-state index contributed by atoms with van der Waals surface area (Å²) in [5.74, 6) is -6.37. The number of carbonyl (C=O) groups excluding carboxylic acids is 1. The number of Topliss-reactive ketones (excluding diaryl/α,β-unsaturated/α-hetero) is 1. The molecule has 0 N–H and O–H groups in total. The van der Waals surface area contributed by atoms with Crippen molar-refractivity contribution < 1.29 is 18.0 Å². The van der Waals surface area contributed by atoms with Gasteiger partial charge in [-0.1, -0.05) is 13.8 Å². The van der Waals surface area contributed by atoms with Crippen LogP contribution in [-0.4, -0.2) is 17.9 Å². The molecule has 1 fully saturated rings. The predicted molar refractivity (Wildman–Crippen MR) is 51.6 cm³/mol. The first-order chi connectivity index (χ1) is 6.82. The van der Waals surface area contributed by atoms with Crippen molar-refractivity contribution in [1.29, 1.82) is 0 Å². The molecule has 0 heterocycles. The van der Waals surface area contributed by atoms with Crippen LogP contribution in [-0.2, 0) is 4.79 Å². The third-order valence-electron chi connectivity index (χ3n) is 3.57. The predicted octanol–water partition coefficient (Wildman–Crippen LogP) is 3.23. The highest BCUT2D eigenvalue weighted by Gasteiger charge is 2.55. The molecule has 0 bridgehead atoms. The van der Waals surface area contributed by atoms with E-state index < -0.39 is 29.8 Å². The molecule has 0 aromatic rings. The van der Waals surface area contributed by atoms with Crippen LogP contribution in [0.3, 0.4) is 0 Å². The maximum atomic E-state index is 13.6. The fourth-order valence-corrected chi connectivity index (χ4v) is 2.36. The Labute approximate surface area is 88.0 Å².